The summed E-state index contributed by atoms with van der Waals surface area (Å²) in [4.78, 5) is 38.2. The van der Waals surface area contributed by atoms with Gasteiger partial charge in [0.15, 0.2) is 6.10 Å². The summed E-state index contributed by atoms with van der Waals surface area (Å²) in [5, 5.41) is 0. The fraction of sp³-hybridized carbons (Fsp3) is 0.625. The summed E-state index contributed by atoms with van der Waals surface area (Å²) in [6.45, 7) is 6.36. The van der Waals surface area contributed by atoms with Gasteiger partial charge in [0, 0.05) is 19.3 Å². The van der Waals surface area contributed by atoms with E-state index in [0.717, 1.165) is 148 Å². The van der Waals surface area contributed by atoms with Crippen LogP contribution in [0.5, 0.6) is 0 Å². The predicted octanol–water partition coefficient (Wildman–Crippen LogP) is 21.9. The average Bonchev–Trinajstić information content (AvgIpc) is 3.44. The molecule has 440 valence electrons. The predicted molar refractivity (Wildman–Crippen MR) is 339 cm³/mol. The lowest BCUT2D eigenvalue weighted by molar-refractivity contribution is -0.167. The van der Waals surface area contributed by atoms with Gasteiger partial charge in [-0.05, 0) is 122 Å². The molecule has 0 rings (SSSR count). The average molecular weight is 1080 g/mol. The number of ether oxygens (including phenoxy) is 3. The Bertz CT molecular complexity index is 1710. The summed E-state index contributed by atoms with van der Waals surface area (Å²) in [6, 6.07) is 0. The van der Waals surface area contributed by atoms with Gasteiger partial charge in [-0.1, -0.05) is 276 Å². The molecule has 0 heterocycles. The van der Waals surface area contributed by atoms with Crippen LogP contribution in [0.3, 0.4) is 0 Å². The zero-order valence-electron chi connectivity index (χ0n) is 50.4. The molecule has 0 aromatic rings. The van der Waals surface area contributed by atoms with Crippen molar-refractivity contribution in [2.45, 2.75) is 277 Å². The molecular formula is C72H116O6. The maximum absolute atomic E-state index is 12.9. The fourth-order valence-electron chi connectivity index (χ4n) is 8.39. The maximum atomic E-state index is 12.9. The summed E-state index contributed by atoms with van der Waals surface area (Å²) < 4.78 is 16.8. The topological polar surface area (TPSA) is 78.9 Å². The van der Waals surface area contributed by atoms with E-state index in [9.17, 15) is 14.4 Å². The number of hydrogen-bond donors (Lipinski definition) is 0. The van der Waals surface area contributed by atoms with Crippen molar-refractivity contribution >= 4 is 17.9 Å². The van der Waals surface area contributed by atoms with E-state index in [4.69, 9.17) is 14.2 Å². The monoisotopic (exact) mass is 1080 g/mol. The van der Waals surface area contributed by atoms with Crippen LogP contribution in [0.4, 0.5) is 0 Å². The lowest BCUT2D eigenvalue weighted by atomic mass is 10.1. The third-order valence-corrected chi connectivity index (χ3v) is 13.1. The van der Waals surface area contributed by atoms with Crippen LogP contribution in [0, 0.1) is 0 Å². The van der Waals surface area contributed by atoms with Gasteiger partial charge in [0.2, 0.25) is 0 Å². The van der Waals surface area contributed by atoms with Crippen molar-refractivity contribution in [1.29, 1.82) is 0 Å². The van der Waals surface area contributed by atoms with Gasteiger partial charge in [0.05, 0.1) is 0 Å². The summed E-state index contributed by atoms with van der Waals surface area (Å²) in [7, 11) is 0. The number of allylic oxidation sites excluding steroid dienone is 24. The van der Waals surface area contributed by atoms with E-state index >= 15 is 0 Å². The van der Waals surface area contributed by atoms with Crippen molar-refractivity contribution in [2.75, 3.05) is 13.2 Å². The molecule has 0 aliphatic rings. The third-order valence-electron chi connectivity index (χ3n) is 13.1. The van der Waals surface area contributed by atoms with E-state index in [-0.39, 0.29) is 31.1 Å². The van der Waals surface area contributed by atoms with Crippen LogP contribution in [0.15, 0.2) is 146 Å². The SMILES string of the molecule is CC/C=C\C/C=C\C/C=C\C/C=C\C/C=C\C/C=C\C/C=C\CCCCCCCCCC(=O)OCC(COC(=O)CCCCCCCCCC)OC(=O)CCCCCCCCC/C=C\C/C=C\C/C=C\C/C=C\C/C=C\CC. The summed E-state index contributed by atoms with van der Waals surface area (Å²) in [5.74, 6) is -0.918. The van der Waals surface area contributed by atoms with Crippen LogP contribution in [-0.2, 0) is 28.6 Å². The molecule has 0 saturated heterocycles. The van der Waals surface area contributed by atoms with Gasteiger partial charge in [-0.2, -0.15) is 0 Å². The lowest BCUT2D eigenvalue weighted by Gasteiger charge is -2.18. The van der Waals surface area contributed by atoms with Crippen LogP contribution < -0.4 is 0 Å². The van der Waals surface area contributed by atoms with Gasteiger partial charge >= 0.3 is 17.9 Å². The molecular weight excluding hydrogens is 961 g/mol. The number of carbonyl (C=O) groups excluding carboxylic acids is 3. The van der Waals surface area contributed by atoms with Crippen LogP contribution in [0.1, 0.15) is 271 Å². The minimum atomic E-state index is -0.793. The van der Waals surface area contributed by atoms with Gasteiger partial charge < -0.3 is 14.2 Å². The Morgan fingerprint density at radius 3 is 0.782 bits per heavy atom. The number of esters is 3. The van der Waals surface area contributed by atoms with Crippen LogP contribution >= 0.6 is 0 Å². The molecule has 0 aliphatic heterocycles. The molecule has 0 aromatic heterocycles. The first kappa shape index (κ1) is 73.3. The minimum absolute atomic E-state index is 0.0895. The highest BCUT2D eigenvalue weighted by Gasteiger charge is 2.19. The third kappa shape index (κ3) is 62.1. The van der Waals surface area contributed by atoms with Gasteiger partial charge in [-0.3, -0.25) is 14.4 Å². The zero-order valence-corrected chi connectivity index (χ0v) is 50.4. The molecule has 0 bridgehead atoms. The molecule has 0 aromatic carbocycles. The summed E-state index contributed by atoms with van der Waals surface area (Å²) in [6.07, 6.45) is 92.9. The normalized spacial score (nSPS) is 13.1. The van der Waals surface area contributed by atoms with Crippen molar-refractivity contribution in [2.24, 2.45) is 0 Å². The summed E-state index contributed by atoms with van der Waals surface area (Å²) in [5.41, 5.74) is 0. The Hall–Kier alpha value is -4.71. The number of rotatable bonds is 56. The zero-order chi connectivity index (χ0) is 56.4. The van der Waals surface area contributed by atoms with E-state index in [0.29, 0.717) is 19.3 Å². The van der Waals surface area contributed by atoms with Crippen LogP contribution in [-0.4, -0.2) is 37.2 Å². The lowest BCUT2D eigenvalue weighted by Crippen LogP contribution is -2.30. The second-order valence-corrected chi connectivity index (χ2v) is 20.6. The van der Waals surface area contributed by atoms with Crippen LogP contribution in [0.25, 0.3) is 0 Å². The molecule has 6 nitrogen and oxygen atoms in total. The number of carbonyl (C=O) groups is 3. The smallest absolute Gasteiger partial charge is 0.306 e. The van der Waals surface area contributed by atoms with Gasteiger partial charge in [-0.25, -0.2) is 0 Å². The van der Waals surface area contributed by atoms with Crippen molar-refractivity contribution in [3.05, 3.63) is 146 Å². The van der Waals surface area contributed by atoms with Crippen molar-refractivity contribution in [3.63, 3.8) is 0 Å². The molecule has 78 heavy (non-hydrogen) atoms. The fourth-order valence-corrected chi connectivity index (χ4v) is 8.39. The second-order valence-electron chi connectivity index (χ2n) is 20.6. The van der Waals surface area contributed by atoms with E-state index in [1.807, 2.05) is 0 Å². The molecule has 1 atom stereocenters. The molecule has 1 unspecified atom stereocenters. The van der Waals surface area contributed by atoms with Crippen molar-refractivity contribution in [3.8, 4) is 0 Å². The van der Waals surface area contributed by atoms with Gasteiger partial charge in [0.1, 0.15) is 13.2 Å². The Morgan fingerprint density at radius 1 is 0.269 bits per heavy atom. The molecule has 0 aliphatic carbocycles. The quantitative estimate of drug-likeness (QED) is 0.0261. The Labute approximate surface area is 480 Å². The summed E-state index contributed by atoms with van der Waals surface area (Å²) >= 11 is 0. The molecule has 0 radical (unpaired) electrons. The first-order valence-electron chi connectivity index (χ1n) is 31.8. The molecule has 0 N–H and O–H groups in total. The Kier molecular flexibility index (Phi) is 60.9. The largest absolute Gasteiger partial charge is 0.462 e. The number of unbranched alkanes of at least 4 members (excludes halogenated alkanes) is 21. The highest BCUT2D eigenvalue weighted by molar-refractivity contribution is 5.71. The highest BCUT2D eigenvalue weighted by atomic mass is 16.6. The maximum Gasteiger partial charge on any atom is 0.306 e. The van der Waals surface area contributed by atoms with E-state index in [1.54, 1.807) is 0 Å². The molecule has 0 spiro atoms. The first-order valence-corrected chi connectivity index (χ1v) is 31.8. The van der Waals surface area contributed by atoms with Gasteiger partial charge in [0.25, 0.3) is 0 Å². The Morgan fingerprint density at radius 2 is 0.500 bits per heavy atom. The van der Waals surface area contributed by atoms with Gasteiger partial charge in [-0.15, -0.1) is 0 Å². The second kappa shape index (κ2) is 64.8. The number of hydrogen-bond acceptors (Lipinski definition) is 6. The van der Waals surface area contributed by atoms with Crippen LogP contribution in [0.2, 0.25) is 0 Å². The highest BCUT2D eigenvalue weighted by Crippen LogP contribution is 2.15. The van der Waals surface area contributed by atoms with E-state index < -0.39 is 6.10 Å². The molecule has 0 fully saturated rings. The standard InChI is InChI=1S/C72H116O6/c1-4-7-10-13-16-19-21-23-25-27-29-31-33-34-35-36-37-38-40-41-43-45-47-49-51-53-56-59-62-65-71(74)77-68-69(67-76-70(73)64-61-58-55-18-15-12-9-6-3)78-72(75)66-63-60-57-54-52-50-48-46-44-42-39-32-30-28-26-24-22-20-17-14-11-8-5-2/h7-8,10-11,16-17,19-20,23-26,29-32,34-35,37-38,41-44,69H,4-6,9,12-15,18,21-22,27-28,33,36,39-40,45-68H2,1-3H3/b10-7-,11-8-,19-16-,20-17-,25-23-,26-24-,31-29-,32-30-,35-34-,38-37-,43-41-,44-42-. The van der Waals surface area contributed by atoms with Crippen molar-refractivity contribution < 1.29 is 28.6 Å². The Balaban J connectivity index is 4.27. The van der Waals surface area contributed by atoms with Crippen molar-refractivity contribution in [1.82, 2.24) is 0 Å². The van der Waals surface area contributed by atoms with E-state index in [2.05, 4.69) is 167 Å². The first-order chi connectivity index (χ1) is 38.5. The van der Waals surface area contributed by atoms with E-state index in [1.165, 1.54) is 83.5 Å². The molecule has 6 heteroatoms. The minimum Gasteiger partial charge on any atom is -0.462 e. The molecule has 0 saturated carbocycles. The molecule has 0 amide bonds.